The van der Waals surface area contributed by atoms with Crippen LogP contribution < -0.4 is 15.2 Å². The van der Waals surface area contributed by atoms with E-state index in [4.69, 9.17) is 26.8 Å². The van der Waals surface area contributed by atoms with Gasteiger partial charge in [0.1, 0.15) is 0 Å². The smallest absolute Gasteiger partial charge is 0.168 e. The zero-order valence-electron chi connectivity index (χ0n) is 10.2. The van der Waals surface area contributed by atoms with Crippen molar-refractivity contribution in [1.82, 2.24) is 0 Å². The van der Waals surface area contributed by atoms with Gasteiger partial charge in [-0.2, -0.15) is 0 Å². The Morgan fingerprint density at radius 3 is 2.39 bits per heavy atom. The van der Waals surface area contributed by atoms with Crippen molar-refractivity contribution in [3.8, 4) is 22.6 Å². The molecule has 0 saturated heterocycles. The summed E-state index contributed by atoms with van der Waals surface area (Å²) in [5.41, 5.74) is 8.06. The topological polar surface area (TPSA) is 44.5 Å². The minimum atomic E-state index is 0.585. The minimum Gasteiger partial charge on any atom is -0.493 e. The number of hydrogen-bond acceptors (Lipinski definition) is 3. The molecule has 0 fully saturated rings. The van der Waals surface area contributed by atoms with E-state index in [1.54, 1.807) is 26.4 Å². The van der Waals surface area contributed by atoms with Crippen LogP contribution in [0.15, 0.2) is 36.4 Å². The summed E-state index contributed by atoms with van der Waals surface area (Å²) in [6, 6.07) is 11.1. The van der Waals surface area contributed by atoms with Crippen molar-refractivity contribution < 1.29 is 9.47 Å². The van der Waals surface area contributed by atoms with E-state index >= 15 is 0 Å². The molecule has 0 aliphatic carbocycles. The summed E-state index contributed by atoms with van der Waals surface area (Å²) in [6.07, 6.45) is 0. The molecule has 18 heavy (non-hydrogen) atoms. The molecule has 0 aromatic heterocycles. The van der Waals surface area contributed by atoms with E-state index in [1.165, 1.54) is 0 Å². The second kappa shape index (κ2) is 5.19. The SMILES string of the molecule is COc1cccc(-c2ccc(N)cc2Cl)c1OC. The highest BCUT2D eigenvalue weighted by Gasteiger charge is 2.13. The maximum atomic E-state index is 6.21. The Morgan fingerprint density at radius 2 is 1.78 bits per heavy atom. The molecular formula is C14H14ClNO2. The van der Waals surface area contributed by atoms with Gasteiger partial charge in [-0.25, -0.2) is 0 Å². The third kappa shape index (κ3) is 2.22. The number of hydrogen-bond donors (Lipinski definition) is 1. The number of rotatable bonds is 3. The van der Waals surface area contributed by atoms with Gasteiger partial charge >= 0.3 is 0 Å². The largest absolute Gasteiger partial charge is 0.493 e. The standard InChI is InChI=1S/C14H14ClNO2/c1-17-13-5-3-4-11(14(13)18-2)10-7-6-9(16)8-12(10)15/h3-8H,16H2,1-2H3. The summed E-state index contributed by atoms with van der Waals surface area (Å²) >= 11 is 6.21. The lowest BCUT2D eigenvalue weighted by molar-refractivity contribution is 0.356. The summed E-state index contributed by atoms with van der Waals surface area (Å²) in [5, 5.41) is 0.585. The van der Waals surface area contributed by atoms with Crippen LogP contribution in [-0.4, -0.2) is 14.2 Å². The van der Waals surface area contributed by atoms with E-state index in [2.05, 4.69) is 0 Å². The summed E-state index contributed by atoms with van der Waals surface area (Å²) in [4.78, 5) is 0. The van der Waals surface area contributed by atoms with Crippen LogP contribution in [0.25, 0.3) is 11.1 Å². The molecule has 0 saturated carbocycles. The van der Waals surface area contributed by atoms with Crippen LogP contribution >= 0.6 is 11.6 Å². The summed E-state index contributed by atoms with van der Waals surface area (Å²) in [6.45, 7) is 0. The third-order valence-electron chi connectivity index (χ3n) is 2.69. The molecule has 4 heteroatoms. The monoisotopic (exact) mass is 263 g/mol. The quantitative estimate of drug-likeness (QED) is 0.861. The molecule has 3 nitrogen and oxygen atoms in total. The number of nitrogens with two attached hydrogens (primary N) is 1. The van der Waals surface area contributed by atoms with Gasteiger partial charge in [-0.05, 0) is 18.2 Å². The molecular weight excluding hydrogens is 250 g/mol. The van der Waals surface area contributed by atoms with Crippen LogP contribution in [-0.2, 0) is 0 Å². The predicted octanol–water partition coefficient (Wildman–Crippen LogP) is 3.61. The highest BCUT2D eigenvalue weighted by molar-refractivity contribution is 6.33. The second-order valence-corrected chi connectivity index (χ2v) is 4.19. The fourth-order valence-electron chi connectivity index (χ4n) is 1.85. The average Bonchev–Trinajstić information content (AvgIpc) is 2.37. The lowest BCUT2D eigenvalue weighted by Crippen LogP contribution is -1.94. The summed E-state index contributed by atoms with van der Waals surface area (Å²) in [5.74, 6) is 1.33. The molecule has 0 spiro atoms. The minimum absolute atomic E-state index is 0.585. The molecule has 0 amide bonds. The fourth-order valence-corrected chi connectivity index (χ4v) is 2.14. The zero-order chi connectivity index (χ0) is 13.1. The van der Waals surface area contributed by atoms with Gasteiger partial charge in [0, 0.05) is 16.8 Å². The average molecular weight is 264 g/mol. The molecule has 0 radical (unpaired) electrons. The summed E-state index contributed by atoms with van der Waals surface area (Å²) < 4.78 is 10.7. The normalized spacial score (nSPS) is 10.2. The van der Waals surface area contributed by atoms with Gasteiger partial charge in [0.2, 0.25) is 0 Å². The van der Waals surface area contributed by atoms with Gasteiger partial charge in [-0.3, -0.25) is 0 Å². The molecule has 2 aromatic rings. The molecule has 2 rings (SSSR count). The van der Waals surface area contributed by atoms with Crippen LogP contribution in [0, 0.1) is 0 Å². The molecule has 2 aromatic carbocycles. The highest BCUT2D eigenvalue weighted by Crippen LogP contribution is 2.40. The fraction of sp³-hybridized carbons (Fsp3) is 0.143. The molecule has 0 atom stereocenters. The van der Waals surface area contributed by atoms with E-state index < -0.39 is 0 Å². The molecule has 0 bridgehead atoms. The van der Waals surface area contributed by atoms with Crippen molar-refractivity contribution in [1.29, 1.82) is 0 Å². The first-order valence-corrected chi connectivity index (χ1v) is 5.81. The Morgan fingerprint density at radius 1 is 1.00 bits per heavy atom. The number of benzene rings is 2. The maximum Gasteiger partial charge on any atom is 0.168 e. The number of halogens is 1. The van der Waals surface area contributed by atoms with Crippen LogP contribution in [0.2, 0.25) is 5.02 Å². The van der Waals surface area contributed by atoms with Crippen molar-refractivity contribution in [2.75, 3.05) is 20.0 Å². The van der Waals surface area contributed by atoms with E-state index in [0.29, 0.717) is 22.2 Å². The number of nitrogen functional groups attached to an aromatic ring is 1. The first-order valence-electron chi connectivity index (χ1n) is 5.43. The summed E-state index contributed by atoms with van der Waals surface area (Å²) in [7, 11) is 3.21. The van der Waals surface area contributed by atoms with E-state index in [0.717, 1.165) is 11.1 Å². The van der Waals surface area contributed by atoms with Crippen LogP contribution in [0.1, 0.15) is 0 Å². The first-order chi connectivity index (χ1) is 8.67. The lowest BCUT2D eigenvalue weighted by atomic mass is 10.0. The van der Waals surface area contributed by atoms with Gasteiger partial charge in [0.25, 0.3) is 0 Å². The molecule has 0 unspecified atom stereocenters. The molecule has 0 aliphatic rings. The number of para-hydroxylation sites is 1. The van der Waals surface area contributed by atoms with Crippen molar-refractivity contribution >= 4 is 17.3 Å². The van der Waals surface area contributed by atoms with Crippen molar-refractivity contribution in [3.05, 3.63) is 41.4 Å². The number of methoxy groups -OCH3 is 2. The zero-order valence-corrected chi connectivity index (χ0v) is 11.0. The van der Waals surface area contributed by atoms with E-state index in [9.17, 15) is 0 Å². The van der Waals surface area contributed by atoms with Crippen LogP contribution in [0.3, 0.4) is 0 Å². The Labute approximate surface area is 111 Å². The number of ether oxygens (including phenoxy) is 2. The molecule has 0 aliphatic heterocycles. The van der Waals surface area contributed by atoms with Crippen molar-refractivity contribution in [2.24, 2.45) is 0 Å². The van der Waals surface area contributed by atoms with Crippen molar-refractivity contribution in [2.45, 2.75) is 0 Å². The maximum absolute atomic E-state index is 6.21. The first kappa shape index (κ1) is 12.6. The third-order valence-corrected chi connectivity index (χ3v) is 3.00. The molecule has 0 heterocycles. The van der Waals surface area contributed by atoms with Gasteiger partial charge < -0.3 is 15.2 Å². The van der Waals surface area contributed by atoms with Crippen LogP contribution in [0.4, 0.5) is 5.69 Å². The Bertz CT molecular complexity index is 570. The lowest BCUT2D eigenvalue weighted by Gasteiger charge is -2.13. The second-order valence-electron chi connectivity index (χ2n) is 3.78. The highest BCUT2D eigenvalue weighted by atomic mass is 35.5. The Kier molecular flexibility index (Phi) is 3.63. The van der Waals surface area contributed by atoms with E-state index in [1.807, 2.05) is 24.3 Å². The van der Waals surface area contributed by atoms with Gasteiger partial charge in [0.05, 0.1) is 19.2 Å². The van der Waals surface area contributed by atoms with Gasteiger partial charge in [-0.15, -0.1) is 0 Å². The van der Waals surface area contributed by atoms with Crippen LogP contribution in [0.5, 0.6) is 11.5 Å². The van der Waals surface area contributed by atoms with E-state index in [-0.39, 0.29) is 0 Å². The van der Waals surface area contributed by atoms with Gasteiger partial charge in [0.15, 0.2) is 11.5 Å². The van der Waals surface area contributed by atoms with Gasteiger partial charge in [-0.1, -0.05) is 29.8 Å². The Hall–Kier alpha value is -1.87. The molecule has 2 N–H and O–H groups in total. The van der Waals surface area contributed by atoms with Crippen molar-refractivity contribution in [3.63, 3.8) is 0 Å². The predicted molar refractivity (Wildman–Crippen MR) is 74.4 cm³/mol. The number of anilines is 1. The molecule has 94 valence electrons. The Balaban J connectivity index is 2.63.